The van der Waals surface area contributed by atoms with Gasteiger partial charge in [0.25, 0.3) is 5.91 Å². The molecule has 0 spiro atoms. The highest BCUT2D eigenvalue weighted by Gasteiger charge is 2.23. The number of amides is 1. The number of hydrogen-bond acceptors (Lipinski definition) is 5. The molecule has 7 heteroatoms. The molecular weight excluding hydrogens is 356 g/mol. The van der Waals surface area contributed by atoms with E-state index in [9.17, 15) is 9.59 Å². The predicted octanol–water partition coefficient (Wildman–Crippen LogP) is 3.98. The van der Waals surface area contributed by atoms with E-state index in [1.807, 2.05) is 24.3 Å². The second kappa shape index (κ2) is 7.80. The van der Waals surface area contributed by atoms with E-state index in [1.165, 1.54) is 32.4 Å². The van der Waals surface area contributed by atoms with Gasteiger partial charge in [0.1, 0.15) is 11.4 Å². The summed E-state index contributed by atoms with van der Waals surface area (Å²) in [4.78, 5) is 33.3. The molecule has 0 bridgehead atoms. The fraction of sp³-hybridized carbons (Fsp3) is 0.333. The Morgan fingerprint density at radius 1 is 1.00 bits per heavy atom. The van der Waals surface area contributed by atoms with Crippen LogP contribution in [-0.2, 0) is 4.74 Å². The number of carbonyl (C=O) groups excluding carboxylic acids is 2. The number of esters is 1. The van der Waals surface area contributed by atoms with E-state index in [2.05, 4.69) is 24.6 Å². The highest BCUT2D eigenvalue weighted by molar-refractivity contribution is 6.03. The van der Waals surface area contributed by atoms with Gasteiger partial charge in [-0.25, -0.2) is 14.8 Å². The van der Waals surface area contributed by atoms with Crippen LogP contribution in [0.25, 0.3) is 11.0 Å². The van der Waals surface area contributed by atoms with Crippen LogP contribution in [-0.4, -0.2) is 33.5 Å². The molecule has 0 radical (unpaired) electrons. The second-order valence-corrected chi connectivity index (χ2v) is 6.94. The quantitative estimate of drug-likeness (QED) is 0.694. The Hall–Kier alpha value is -3.22. The van der Waals surface area contributed by atoms with Gasteiger partial charge in [0.15, 0.2) is 0 Å². The number of aromatic nitrogens is 3. The van der Waals surface area contributed by atoms with Crippen molar-refractivity contribution < 1.29 is 14.3 Å². The summed E-state index contributed by atoms with van der Waals surface area (Å²) in [6, 6.07) is 12.9. The van der Waals surface area contributed by atoms with Gasteiger partial charge >= 0.3 is 5.97 Å². The van der Waals surface area contributed by atoms with Crippen LogP contribution in [0.15, 0.2) is 42.5 Å². The Labute approximate surface area is 162 Å². The van der Waals surface area contributed by atoms with E-state index in [1.54, 1.807) is 12.1 Å². The van der Waals surface area contributed by atoms with E-state index < -0.39 is 11.9 Å². The number of hydrogen-bond donors (Lipinski definition) is 1. The minimum Gasteiger partial charge on any atom is -0.464 e. The number of anilines is 1. The van der Waals surface area contributed by atoms with Gasteiger partial charge in [-0.15, -0.1) is 0 Å². The van der Waals surface area contributed by atoms with Crippen LogP contribution >= 0.6 is 0 Å². The lowest BCUT2D eigenvalue weighted by Crippen LogP contribution is -2.21. The molecule has 0 unspecified atom stereocenters. The van der Waals surface area contributed by atoms with Gasteiger partial charge in [-0.3, -0.25) is 10.1 Å². The number of nitrogens with one attached hydrogen (secondary N) is 1. The van der Waals surface area contributed by atoms with Gasteiger partial charge in [0.05, 0.1) is 18.1 Å². The molecule has 1 saturated carbocycles. The largest absolute Gasteiger partial charge is 0.464 e. The van der Waals surface area contributed by atoms with Crippen molar-refractivity contribution in [3.05, 3.63) is 53.9 Å². The minimum absolute atomic E-state index is 0.0935. The number of ether oxygens (including phenoxy) is 1. The van der Waals surface area contributed by atoms with Gasteiger partial charge in [-0.2, -0.15) is 0 Å². The van der Waals surface area contributed by atoms with Crippen LogP contribution in [0.1, 0.15) is 59.1 Å². The molecule has 0 saturated heterocycles. The standard InChI is InChI=1S/C21H22N4O3/c1-28-20(27)17-12-7-11-16(22-17)19(26)24-21-23-15-10-5-6-13-18(15)25(21)14-8-3-2-4-9-14/h5-7,10-14H,2-4,8-9H2,1H3,(H,23,24,26). The SMILES string of the molecule is COC(=O)c1cccc(C(=O)Nc2nc3ccccc3n2C2CCCCC2)n1. The van der Waals surface area contributed by atoms with E-state index in [0.717, 1.165) is 23.9 Å². The lowest BCUT2D eigenvalue weighted by Gasteiger charge is -2.25. The summed E-state index contributed by atoms with van der Waals surface area (Å²) in [5, 5.41) is 2.90. The molecule has 0 aliphatic heterocycles. The smallest absolute Gasteiger partial charge is 0.356 e. The van der Waals surface area contributed by atoms with Gasteiger partial charge in [0.2, 0.25) is 5.95 Å². The van der Waals surface area contributed by atoms with Crippen molar-refractivity contribution in [1.29, 1.82) is 0 Å². The number of imidazole rings is 1. The molecule has 1 N–H and O–H groups in total. The lowest BCUT2D eigenvalue weighted by atomic mass is 9.95. The average Bonchev–Trinajstić information content (AvgIpc) is 3.11. The fourth-order valence-corrected chi connectivity index (χ4v) is 3.79. The summed E-state index contributed by atoms with van der Waals surface area (Å²) < 4.78 is 6.81. The number of rotatable bonds is 4. The summed E-state index contributed by atoms with van der Waals surface area (Å²) in [6.45, 7) is 0. The first-order valence-corrected chi connectivity index (χ1v) is 9.51. The third-order valence-electron chi connectivity index (χ3n) is 5.14. The van der Waals surface area contributed by atoms with Crippen LogP contribution in [0.3, 0.4) is 0 Å². The maximum atomic E-state index is 12.8. The first-order chi connectivity index (χ1) is 13.7. The van der Waals surface area contributed by atoms with E-state index >= 15 is 0 Å². The molecule has 1 aliphatic carbocycles. The number of carbonyl (C=O) groups is 2. The molecule has 3 aromatic rings. The average molecular weight is 378 g/mol. The van der Waals surface area contributed by atoms with Crippen molar-refractivity contribution in [2.75, 3.05) is 12.4 Å². The third kappa shape index (κ3) is 3.47. The maximum Gasteiger partial charge on any atom is 0.356 e. The number of methoxy groups -OCH3 is 1. The highest BCUT2D eigenvalue weighted by atomic mass is 16.5. The van der Waals surface area contributed by atoms with Crippen molar-refractivity contribution >= 4 is 28.9 Å². The first kappa shape index (κ1) is 18.2. The lowest BCUT2D eigenvalue weighted by molar-refractivity contribution is 0.0594. The third-order valence-corrected chi connectivity index (χ3v) is 5.14. The Balaban J connectivity index is 1.68. The number of pyridine rings is 1. The summed E-state index contributed by atoms with van der Waals surface area (Å²) in [5.74, 6) is -0.467. The second-order valence-electron chi connectivity index (χ2n) is 6.94. The van der Waals surface area contributed by atoms with E-state index in [4.69, 9.17) is 0 Å². The fourth-order valence-electron chi connectivity index (χ4n) is 3.79. The van der Waals surface area contributed by atoms with Gasteiger partial charge < -0.3 is 9.30 Å². The molecule has 1 fully saturated rings. The van der Waals surface area contributed by atoms with Crippen LogP contribution in [0.2, 0.25) is 0 Å². The molecule has 1 aromatic carbocycles. The molecule has 1 aliphatic rings. The van der Waals surface area contributed by atoms with Gasteiger partial charge in [-0.1, -0.05) is 37.5 Å². The van der Waals surface area contributed by atoms with Crippen LogP contribution in [0, 0.1) is 0 Å². The van der Waals surface area contributed by atoms with E-state index in [0.29, 0.717) is 12.0 Å². The number of fused-ring (bicyclic) bond motifs is 1. The minimum atomic E-state index is -0.580. The van der Waals surface area contributed by atoms with Crippen LogP contribution < -0.4 is 5.32 Å². The van der Waals surface area contributed by atoms with Gasteiger partial charge in [0, 0.05) is 6.04 Å². The Morgan fingerprint density at radius 2 is 1.75 bits per heavy atom. The molecule has 2 aromatic heterocycles. The van der Waals surface area contributed by atoms with Crippen molar-refractivity contribution in [3.8, 4) is 0 Å². The molecule has 28 heavy (non-hydrogen) atoms. The normalized spacial score (nSPS) is 14.8. The monoisotopic (exact) mass is 378 g/mol. The molecule has 144 valence electrons. The number of benzene rings is 1. The maximum absolute atomic E-state index is 12.8. The number of para-hydroxylation sites is 2. The highest BCUT2D eigenvalue weighted by Crippen LogP contribution is 2.34. The molecule has 7 nitrogen and oxygen atoms in total. The topological polar surface area (TPSA) is 86.1 Å². The molecule has 1 amide bonds. The Morgan fingerprint density at radius 3 is 2.54 bits per heavy atom. The zero-order valence-corrected chi connectivity index (χ0v) is 15.7. The summed E-state index contributed by atoms with van der Waals surface area (Å²) in [6.07, 6.45) is 5.73. The zero-order valence-electron chi connectivity index (χ0n) is 15.7. The Kier molecular flexibility index (Phi) is 5.06. The summed E-state index contributed by atoms with van der Waals surface area (Å²) in [5.41, 5.74) is 2.10. The Bertz CT molecular complexity index is 1020. The van der Waals surface area contributed by atoms with Crippen molar-refractivity contribution in [2.24, 2.45) is 0 Å². The predicted molar refractivity (Wildman–Crippen MR) is 105 cm³/mol. The number of nitrogens with zero attached hydrogens (tertiary/aromatic N) is 3. The molecule has 2 heterocycles. The van der Waals surface area contributed by atoms with Gasteiger partial charge in [-0.05, 0) is 37.1 Å². The molecule has 0 atom stereocenters. The van der Waals surface area contributed by atoms with Crippen molar-refractivity contribution in [1.82, 2.24) is 14.5 Å². The zero-order chi connectivity index (χ0) is 19.5. The molecular formula is C21H22N4O3. The van der Waals surface area contributed by atoms with Crippen molar-refractivity contribution in [2.45, 2.75) is 38.1 Å². The summed E-state index contributed by atoms with van der Waals surface area (Å²) in [7, 11) is 1.28. The van der Waals surface area contributed by atoms with Crippen LogP contribution in [0.5, 0.6) is 0 Å². The van der Waals surface area contributed by atoms with E-state index in [-0.39, 0.29) is 11.4 Å². The van der Waals surface area contributed by atoms with Crippen molar-refractivity contribution in [3.63, 3.8) is 0 Å². The summed E-state index contributed by atoms with van der Waals surface area (Å²) >= 11 is 0. The van der Waals surface area contributed by atoms with Crippen LogP contribution in [0.4, 0.5) is 5.95 Å². The first-order valence-electron chi connectivity index (χ1n) is 9.51. The molecule has 4 rings (SSSR count).